The number of nitrogens with zero attached hydrogens (tertiary/aromatic N) is 4. The molecule has 0 spiro atoms. The predicted octanol–water partition coefficient (Wildman–Crippen LogP) is 9.39. The monoisotopic (exact) mass is 916 g/mol. The summed E-state index contributed by atoms with van der Waals surface area (Å²) in [5.74, 6) is 0. The first-order valence-corrected chi connectivity index (χ1v) is 30.7. The Morgan fingerprint density at radius 2 is 0.455 bits per heavy atom. The van der Waals surface area contributed by atoms with Crippen LogP contribution < -0.4 is 10.9 Å². The van der Waals surface area contributed by atoms with E-state index in [0.29, 0.717) is 0 Å². The molecule has 0 saturated carbocycles. The molecule has 6 rings (SSSR count). The Labute approximate surface area is 299 Å². The molecule has 0 aromatic heterocycles. The Bertz CT molecular complexity index is 1350. The molecule has 2 heterocycles. The van der Waals surface area contributed by atoms with Gasteiger partial charge in [0.1, 0.15) is 0 Å². The van der Waals surface area contributed by atoms with Crippen molar-refractivity contribution >= 4 is 119 Å². The molecule has 4 nitrogen and oxygen atoms in total. The second-order valence-electron chi connectivity index (χ2n) is 11.1. The summed E-state index contributed by atoms with van der Waals surface area (Å²) in [5.41, 5.74) is 15.2. The molecule has 4 aromatic rings. The van der Waals surface area contributed by atoms with Gasteiger partial charge in [-0.15, -0.1) is 0 Å². The van der Waals surface area contributed by atoms with Crippen LogP contribution in [0.15, 0.2) is 72.8 Å². The average molecular weight is 918 g/mol. The van der Waals surface area contributed by atoms with Gasteiger partial charge in [-0.05, 0) is 0 Å². The van der Waals surface area contributed by atoms with Gasteiger partial charge < -0.3 is 0 Å². The molecule has 2 aliphatic heterocycles. The van der Waals surface area contributed by atoms with E-state index in [4.69, 9.17) is 39.8 Å². The van der Waals surface area contributed by atoms with Gasteiger partial charge in [-0.3, -0.25) is 0 Å². The molecule has 4 aromatic carbocycles. The molecule has 0 atom stereocenters. The second kappa shape index (κ2) is 14.3. The summed E-state index contributed by atoms with van der Waals surface area (Å²) < 4.78 is 9.44. The van der Waals surface area contributed by atoms with Gasteiger partial charge in [0.15, 0.2) is 0 Å². The van der Waals surface area contributed by atoms with Gasteiger partial charge in [-0.1, -0.05) is 0 Å². The zero-order chi connectivity index (χ0) is 32.0. The van der Waals surface area contributed by atoms with Crippen LogP contribution in [0.1, 0.15) is 44.5 Å². The number of benzene rings is 4. The van der Waals surface area contributed by atoms with E-state index in [-0.39, 0.29) is 0 Å². The molecule has 0 amide bonds. The van der Waals surface area contributed by atoms with Crippen LogP contribution in [0.2, 0.25) is 0 Å². The fraction of sp³-hybridized carbons (Fsp3) is 0.250. The molecule has 2 aliphatic rings. The molecule has 44 heavy (non-hydrogen) atoms. The average Bonchev–Trinajstić information content (AvgIpc) is 2.97. The van der Waals surface area contributed by atoms with Gasteiger partial charge in [0, 0.05) is 0 Å². The first-order chi connectivity index (χ1) is 20.9. The van der Waals surface area contributed by atoms with Crippen molar-refractivity contribution < 1.29 is 0 Å². The minimum atomic E-state index is -1.83. The van der Waals surface area contributed by atoms with Gasteiger partial charge in [0.25, 0.3) is 0 Å². The zero-order valence-electron chi connectivity index (χ0n) is 26.0. The van der Waals surface area contributed by atoms with Crippen LogP contribution in [-0.4, -0.2) is 56.6 Å². The Kier molecular flexibility index (Phi) is 11.3. The van der Waals surface area contributed by atoms with Gasteiger partial charge in [0.05, 0.1) is 0 Å². The topological polar surface area (TPSA) is 13.0 Å². The van der Waals surface area contributed by atoms with Crippen LogP contribution >= 0.6 is 39.8 Å². The first-order valence-electron chi connectivity index (χ1n) is 14.1. The molecular weight excluding hydrogens is 882 g/mol. The van der Waals surface area contributed by atoms with Crippen molar-refractivity contribution in [1.29, 1.82) is 0 Å². The third kappa shape index (κ3) is 6.35. The van der Waals surface area contributed by atoms with E-state index >= 15 is 0 Å². The number of para-hydroxylation sites is 4. The molecule has 0 unspecified atom stereocenters. The van der Waals surface area contributed by atoms with Crippen molar-refractivity contribution in [2.24, 2.45) is 0 Å². The molecule has 12 heteroatoms. The fourth-order valence-electron chi connectivity index (χ4n) is 5.65. The van der Waals surface area contributed by atoms with E-state index in [1.54, 1.807) is 0 Å². The summed E-state index contributed by atoms with van der Waals surface area (Å²) in [5, 5.41) is 0. The van der Waals surface area contributed by atoms with Crippen LogP contribution in [0.4, 0.5) is 22.7 Å². The van der Waals surface area contributed by atoms with Crippen LogP contribution in [0.25, 0.3) is 0 Å². The van der Waals surface area contributed by atoms with Crippen LogP contribution in [-0.2, 0) is 0 Å². The van der Waals surface area contributed by atoms with E-state index < -0.39 is 56.6 Å². The van der Waals surface area contributed by atoms with E-state index in [1.165, 1.54) is 67.3 Å². The van der Waals surface area contributed by atoms with Crippen molar-refractivity contribution in [2.45, 2.75) is 55.4 Å². The Balaban J connectivity index is 0.000000175. The van der Waals surface area contributed by atoms with Crippen molar-refractivity contribution in [3.63, 3.8) is 0 Å². The third-order valence-electron chi connectivity index (χ3n) is 7.81. The quantitative estimate of drug-likeness (QED) is 0.189. The molecule has 232 valence electrons. The van der Waals surface area contributed by atoms with Crippen LogP contribution in [0.3, 0.4) is 0 Å². The zero-order valence-corrected chi connectivity index (χ0v) is 36.5. The standard InChI is InChI=1S/2C16H18As2Cl2N2/c2*1-11-7-5-8-12(2)15(11)21-17(19)22(18(21)20)16-13(3)9-6-10-14(16)4/h2*5-10H,1-4H3. The summed E-state index contributed by atoms with van der Waals surface area (Å²) in [6.45, 7) is 17.1. The molecular formula is C32H36As4Cl4N4. The Morgan fingerprint density at radius 3 is 0.591 bits per heavy atom. The van der Waals surface area contributed by atoms with Crippen molar-refractivity contribution in [3.8, 4) is 0 Å². The number of hydrogen-bond donors (Lipinski definition) is 0. The number of aryl methyl sites for hydroxylation is 8. The molecule has 2 saturated heterocycles. The predicted molar refractivity (Wildman–Crippen MR) is 200 cm³/mol. The molecule has 0 N–H and O–H groups in total. The Hall–Kier alpha value is -0.526. The Morgan fingerprint density at radius 1 is 0.318 bits per heavy atom. The summed E-state index contributed by atoms with van der Waals surface area (Å²) in [4.78, 5) is 0. The van der Waals surface area contributed by atoms with Crippen molar-refractivity contribution in [1.82, 2.24) is 0 Å². The first kappa shape index (κ1) is 34.8. The van der Waals surface area contributed by atoms with Crippen LogP contribution in [0, 0.1) is 55.4 Å². The fourth-order valence-corrected chi connectivity index (χ4v) is 45.5. The summed E-state index contributed by atoms with van der Waals surface area (Å²) >= 11 is -7.31. The van der Waals surface area contributed by atoms with E-state index in [9.17, 15) is 0 Å². The van der Waals surface area contributed by atoms with E-state index in [2.05, 4.69) is 139 Å². The van der Waals surface area contributed by atoms with Gasteiger partial charge in [-0.25, -0.2) is 0 Å². The third-order valence-corrected chi connectivity index (χ3v) is 47.0. The SMILES string of the molecule is Cc1cccc(C)c1N1[As](Cl)N(c2c(C)cccc2C)[As]1Cl.Cc1cccc(C)c1N1[As](Cl)N(c2c(C)cccc2C)[As]1Cl. The van der Waals surface area contributed by atoms with Gasteiger partial charge >= 0.3 is 303 Å². The van der Waals surface area contributed by atoms with Gasteiger partial charge in [0.2, 0.25) is 0 Å². The van der Waals surface area contributed by atoms with E-state index in [1.807, 2.05) is 0 Å². The summed E-state index contributed by atoms with van der Waals surface area (Å²) in [6, 6.07) is 25.5. The summed E-state index contributed by atoms with van der Waals surface area (Å²) in [7, 11) is 27.5. The van der Waals surface area contributed by atoms with E-state index in [0.717, 1.165) is 0 Å². The molecule has 0 bridgehead atoms. The number of anilines is 4. The molecule has 0 aliphatic carbocycles. The molecule has 0 radical (unpaired) electrons. The maximum atomic E-state index is 6.88. The minimum absolute atomic E-state index is 1.26. The van der Waals surface area contributed by atoms with Crippen LogP contribution in [0.5, 0.6) is 0 Å². The normalized spacial score (nSPS) is 21.0. The second-order valence-corrected chi connectivity index (χ2v) is 34.1. The van der Waals surface area contributed by atoms with Gasteiger partial charge in [-0.2, -0.15) is 0 Å². The summed E-state index contributed by atoms with van der Waals surface area (Å²) in [6.07, 6.45) is 0. The van der Waals surface area contributed by atoms with Crippen molar-refractivity contribution in [2.75, 3.05) is 10.9 Å². The van der Waals surface area contributed by atoms with Crippen molar-refractivity contribution in [3.05, 3.63) is 117 Å². The number of halogens is 4. The molecule has 2 fully saturated rings. The number of hydrogen-bond acceptors (Lipinski definition) is 4. The maximum absolute atomic E-state index is 6.88. The number of rotatable bonds is 4.